The third-order valence-corrected chi connectivity index (χ3v) is 12.9. The van der Waals surface area contributed by atoms with Crippen LogP contribution in [0.4, 0.5) is 0 Å². The van der Waals surface area contributed by atoms with Gasteiger partial charge >= 0.3 is 11.9 Å². The Kier molecular flexibility index (Phi) is 5.34. The molecule has 35 heavy (non-hydrogen) atoms. The third-order valence-electron chi connectivity index (χ3n) is 12.9. The van der Waals surface area contributed by atoms with Gasteiger partial charge in [-0.15, -0.1) is 0 Å². The largest absolute Gasteiger partial charge is 0.481 e. The van der Waals surface area contributed by atoms with Gasteiger partial charge in [-0.05, 0) is 104 Å². The van der Waals surface area contributed by atoms with Crippen LogP contribution < -0.4 is 0 Å². The zero-order valence-corrected chi connectivity index (χ0v) is 22.4. The molecule has 10 atom stereocenters. The molecular weight excluding hydrogens is 440 g/mol. The van der Waals surface area contributed by atoms with Crippen LogP contribution in [0.1, 0.15) is 92.9 Å². The van der Waals surface area contributed by atoms with Gasteiger partial charge in [0.2, 0.25) is 0 Å². The van der Waals surface area contributed by atoms with Crippen molar-refractivity contribution in [3.05, 3.63) is 23.3 Å². The summed E-state index contributed by atoms with van der Waals surface area (Å²) >= 11 is 0. The lowest BCUT2D eigenvalue weighted by Crippen LogP contribution is -2.63. The molecule has 5 rings (SSSR count). The summed E-state index contributed by atoms with van der Waals surface area (Å²) in [6.45, 7) is 13.3. The Labute approximate surface area is 210 Å². The molecule has 5 heteroatoms. The number of aliphatic hydroxyl groups excluding tert-OH is 1. The van der Waals surface area contributed by atoms with E-state index in [1.807, 2.05) is 0 Å². The minimum Gasteiger partial charge on any atom is -0.481 e. The minimum atomic E-state index is -1.25. The summed E-state index contributed by atoms with van der Waals surface area (Å²) in [7, 11) is 0. The Bertz CT molecular complexity index is 1030. The molecule has 0 aliphatic heterocycles. The zero-order chi connectivity index (χ0) is 25.8. The van der Waals surface area contributed by atoms with Gasteiger partial charge in [0.25, 0.3) is 0 Å². The summed E-state index contributed by atoms with van der Waals surface area (Å²) in [5, 5.41) is 31.6. The first kappa shape index (κ1) is 25.0. The Hall–Kier alpha value is -1.62. The van der Waals surface area contributed by atoms with Crippen molar-refractivity contribution in [2.24, 2.45) is 50.7 Å². The van der Waals surface area contributed by atoms with Crippen molar-refractivity contribution in [2.75, 3.05) is 0 Å². The first-order valence-corrected chi connectivity index (χ1v) is 13.8. The summed E-state index contributed by atoms with van der Waals surface area (Å²) in [6.07, 6.45) is 9.96. The van der Waals surface area contributed by atoms with Crippen LogP contribution in [-0.4, -0.2) is 33.4 Å². The van der Waals surface area contributed by atoms with Crippen molar-refractivity contribution in [3.8, 4) is 0 Å². The molecule has 0 aromatic rings. The summed E-state index contributed by atoms with van der Waals surface area (Å²) in [6, 6.07) is 0. The number of hydrogen-bond acceptors (Lipinski definition) is 3. The van der Waals surface area contributed by atoms with E-state index in [9.17, 15) is 24.9 Å². The van der Waals surface area contributed by atoms with Crippen LogP contribution >= 0.6 is 0 Å². The van der Waals surface area contributed by atoms with Gasteiger partial charge in [-0.3, -0.25) is 9.59 Å². The van der Waals surface area contributed by atoms with E-state index in [0.717, 1.165) is 50.5 Å². The standard InChI is InChI=1S/C30H44O5/c1-17-9-14-30(25(34)35)16-15-27(4)19(23(30)18(17)2)7-8-20-26(3)12-11-22(31)29(6,24(32)33)21(26)10-13-28(20,27)5/h7,10,17-18,20,22-23,31H,8-9,11-16H2,1-6H3,(H,32,33)(H,34,35). The van der Waals surface area contributed by atoms with Gasteiger partial charge < -0.3 is 15.3 Å². The lowest BCUT2D eigenvalue weighted by molar-refractivity contribution is -0.170. The third kappa shape index (κ3) is 2.80. The van der Waals surface area contributed by atoms with E-state index in [4.69, 9.17) is 0 Å². The van der Waals surface area contributed by atoms with E-state index < -0.39 is 28.9 Å². The predicted octanol–water partition coefficient (Wildman–Crippen LogP) is 6.07. The molecule has 3 N–H and O–H groups in total. The fourth-order valence-corrected chi connectivity index (χ4v) is 10.1. The van der Waals surface area contributed by atoms with Crippen molar-refractivity contribution in [2.45, 2.75) is 99.0 Å². The summed E-state index contributed by atoms with van der Waals surface area (Å²) in [4.78, 5) is 25.3. The maximum atomic E-state index is 12.8. The maximum Gasteiger partial charge on any atom is 0.316 e. The lowest BCUT2D eigenvalue weighted by atomic mass is 9.35. The van der Waals surface area contributed by atoms with Crippen molar-refractivity contribution in [1.82, 2.24) is 0 Å². The van der Waals surface area contributed by atoms with Crippen LogP contribution in [0.3, 0.4) is 0 Å². The van der Waals surface area contributed by atoms with Gasteiger partial charge in [0.05, 0.1) is 11.5 Å². The van der Waals surface area contributed by atoms with Crippen LogP contribution in [-0.2, 0) is 9.59 Å². The quantitative estimate of drug-likeness (QED) is 0.413. The number of carboxylic acids is 2. The number of hydrogen-bond donors (Lipinski definition) is 3. The van der Waals surface area contributed by atoms with Gasteiger partial charge in [-0.25, -0.2) is 0 Å². The van der Waals surface area contributed by atoms with E-state index in [1.165, 1.54) is 5.57 Å². The maximum absolute atomic E-state index is 12.8. The second-order valence-corrected chi connectivity index (χ2v) is 13.8. The summed E-state index contributed by atoms with van der Waals surface area (Å²) in [5.41, 5.74) is -0.116. The van der Waals surface area contributed by atoms with E-state index in [0.29, 0.717) is 18.3 Å². The number of carboxylic acid groups (broad SMARTS) is 2. The molecule has 0 heterocycles. The lowest BCUT2D eigenvalue weighted by Gasteiger charge is -2.69. The molecule has 3 saturated carbocycles. The van der Waals surface area contributed by atoms with Crippen LogP contribution in [0.15, 0.2) is 23.3 Å². The van der Waals surface area contributed by atoms with Crippen LogP contribution in [0, 0.1) is 50.7 Å². The van der Waals surface area contributed by atoms with Gasteiger partial charge in [-0.1, -0.05) is 52.3 Å². The molecule has 0 amide bonds. The number of allylic oxidation sites excluding steroid dienone is 3. The highest BCUT2D eigenvalue weighted by atomic mass is 16.4. The van der Waals surface area contributed by atoms with Crippen molar-refractivity contribution >= 4 is 11.9 Å². The second-order valence-electron chi connectivity index (χ2n) is 13.8. The molecule has 0 aromatic heterocycles. The molecule has 0 radical (unpaired) electrons. The second kappa shape index (κ2) is 7.46. The first-order valence-electron chi connectivity index (χ1n) is 13.8. The van der Waals surface area contributed by atoms with Gasteiger partial charge in [-0.2, -0.15) is 0 Å². The number of aliphatic carboxylic acids is 2. The zero-order valence-electron chi connectivity index (χ0n) is 22.4. The van der Waals surface area contributed by atoms with Crippen molar-refractivity contribution in [1.29, 1.82) is 0 Å². The number of rotatable bonds is 2. The first-order chi connectivity index (χ1) is 16.2. The number of aliphatic hydroxyl groups is 1. The van der Waals surface area contributed by atoms with Crippen LogP contribution in [0.2, 0.25) is 0 Å². The molecule has 5 nitrogen and oxygen atoms in total. The van der Waals surface area contributed by atoms with Crippen LogP contribution in [0.5, 0.6) is 0 Å². The van der Waals surface area contributed by atoms with Crippen molar-refractivity contribution in [3.63, 3.8) is 0 Å². The predicted molar refractivity (Wildman–Crippen MR) is 135 cm³/mol. The van der Waals surface area contributed by atoms with E-state index in [1.54, 1.807) is 6.92 Å². The highest BCUT2D eigenvalue weighted by molar-refractivity contribution is 5.80. The topological polar surface area (TPSA) is 94.8 Å². The Morgan fingerprint density at radius 1 is 0.914 bits per heavy atom. The van der Waals surface area contributed by atoms with E-state index in [2.05, 4.69) is 46.8 Å². The summed E-state index contributed by atoms with van der Waals surface area (Å²) in [5.74, 6) is -0.380. The van der Waals surface area contributed by atoms with E-state index >= 15 is 0 Å². The fourth-order valence-electron chi connectivity index (χ4n) is 10.1. The smallest absolute Gasteiger partial charge is 0.316 e. The normalized spacial score (nSPS) is 53.2. The number of carbonyl (C=O) groups is 2. The van der Waals surface area contributed by atoms with Gasteiger partial charge in [0, 0.05) is 0 Å². The molecule has 0 saturated heterocycles. The summed E-state index contributed by atoms with van der Waals surface area (Å²) < 4.78 is 0. The molecule has 10 unspecified atom stereocenters. The molecule has 5 aliphatic rings. The van der Waals surface area contributed by atoms with E-state index in [-0.39, 0.29) is 28.1 Å². The highest BCUT2D eigenvalue weighted by Crippen LogP contribution is 2.74. The van der Waals surface area contributed by atoms with Crippen molar-refractivity contribution < 1.29 is 24.9 Å². The monoisotopic (exact) mass is 484 g/mol. The minimum absolute atomic E-state index is 0.0657. The molecule has 0 bridgehead atoms. The average Bonchev–Trinajstić information content (AvgIpc) is 2.79. The molecule has 3 fully saturated rings. The van der Waals surface area contributed by atoms with Crippen LogP contribution in [0.25, 0.3) is 0 Å². The molecule has 0 spiro atoms. The molecule has 194 valence electrons. The van der Waals surface area contributed by atoms with Gasteiger partial charge in [0.15, 0.2) is 0 Å². The Morgan fingerprint density at radius 3 is 2.23 bits per heavy atom. The fraction of sp³-hybridized carbons (Fsp3) is 0.800. The molecular formula is C30H44O5. The molecule has 5 aliphatic carbocycles. The SMILES string of the molecule is CC1CCC2(C(=O)O)CCC3(C)C(=CCC4C5(C)CCC(O)C(C)(C(=O)O)C5=CCC43C)C2C1C. The Morgan fingerprint density at radius 2 is 1.60 bits per heavy atom. The Balaban J connectivity index is 1.64. The van der Waals surface area contributed by atoms with Gasteiger partial charge in [0.1, 0.15) is 5.41 Å². The highest BCUT2D eigenvalue weighted by Gasteiger charge is 2.69. The number of fused-ring (bicyclic) bond motifs is 7. The molecule has 0 aromatic carbocycles. The average molecular weight is 485 g/mol.